The second-order valence-electron chi connectivity index (χ2n) is 8.48. The molecule has 0 spiro atoms. The average Bonchev–Trinajstić information content (AvgIpc) is 2.98. The van der Waals surface area contributed by atoms with Crippen molar-refractivity contribution in [1.29, 1.82) is 0 Å². The number of allylic oxidation sites excluding steroid dienone is 4. The molecule has 0 unspecified atom stereocenters. The number of anilines is 2. The molecule has 3 aromatic rings. The molecule has 0 heterocycles. The predicted octanol–water partition coefficient (Wildman–Crippen LogP) is 4.99. The third-order valence-electron chi connectivity index (χ3n) is 5.54. The van der Waals surface area contributed by atoms with E-state index < -0.39 is 32.5 Å². The summed E-state index contributed by atoms with van der Waals surface area (Å²) in [4.78, 5) is 70.2. The number of nitrogens with one attached hydrogen (secondary N) is 3. The van der Waals surface area contributed by atoms with Crippen LogP contribution in [0.4, 0.5) is 22.7 Å². The van der Waals surface area contributed by atoms with Gasteiger partial charge in [0.15, 0.2) is 0 Å². The van der Waals surface area contributed by atoms with Gasteiger partial charge in [-0.05, 0) is 49.4 Å². The molecule has 3 amide bonds. The number of hydrogen-bond acceptors (Lipinski definition) is 9. The second-order valence-corrected chi connectivity index (χ2v) is 8.48. The van der Waals surface area contributed by atoms with Gasteiger partial charge < -0.3 is 16.0 Å². The lowest BCUT2D eigenvalue weighted by Gasteiger charge is -2.11. The Morgan fingerprint density at radius 3 is 1.56 bits per heavy atom. The predicted molar refractivity (Wildman–Crippen MR) is 155 cm³/mol. The molecule has 0 saturated heterocycles. The largest absolute Gasteiger partial charge is 0.329 e. The van der Waals surface area contributed by atoms with Gasteiger partial charge in [-0.15, -0.1) is 0 Å². The molecule has 0 bridgehead atoms. The van der Waals surface area contributed by atoms with Gasteiger partial charge in [-0.25, -0.2) is 0 Å². The fourth-order valence-corrected chi connectivity index (χ4v) is 3.50. The number of amides is 3. The first-order valence-electron chi connectivity index (χ1n) is 12.2. The van der Waals surface area contributed by atoms with Crippen molar-refractivity contribution in [1.82, 2.24) is 5.32 Å². The van der Waals surface area contributed by atoms with Crippen LogP contribution in [0.5, 0.6) is 0 Å². The second kappa shape index (κ2) is 14.2. The van der Waals surface area contributed by atoms with Crippen molar-refractivity contribution in [3.05, 3.63) is 150 Å². The highest BCUT2D eigenvalue weighted by atomic mass is 16.6. The Balaban J connectivity index is 1.91. The van der Waals surface area contributed by atoms with Crippen LogP contribution in [0, 0.1) is 30.3 Å². The number of carbonyl (C=O) groups is 3. The number of nitro benzene ring substituents is 2. The van der Waals surface area contributed by atoms with E-state index in [4.69, 9.17) is 0 Å². The lowest BCUT2D eigenvalue weighted by Crippen LogP contribution is -2.21. The first-order valence-corrected chi connectivity index (χ1v) is 12.2. The van der Waals surface area contributed by atoms with E-state index in [9.17, 15) is 44.7 Å². The van der Waals surface area contributed by atoms with Crippen LogP contribution in [0.15, 0.2) is 103 Å². The summed E-state index contributed by atoms with van der Waals surface area (Å²) in [6.07, 6.45) is 6.31. The van der Waals surface area contributed by atoms with Crippen LogP contribution >= 0.6 is 0 Å². The van der Waals surface area contributed by atoms with Crippen molar-refractivity contribution in [3.8, 4) is 0 Å². The maximum Gasteiger partial charge on any atom is 0.271 e. The van der Waals surface area contributed by atoms with Crippen LogP contribution in [0.1, 0.15) is 38.0 Å². The Morgan fingerprint density at radius 2 is 1.14 bits per heavy atom. The number of benzene rings is 3. The van der Waals surface area contributed by atoms with Gasteiger partial charge in [-0.2, -0.15) is 0 Å². The molecule has 3 rings (SSSR count). The summed E-state index contributed by atoms with van der Waals surface area (Å²) in [6.45, 7) is 1.49. The van der Waals surface area contributed by atoms with E-state index in [1.54, 1.807) is 0 Å². The van der Waals surface area contributed by atoms with Gasteiger partial charge in [0.2, 0.25) is 0 Å². The summed E-state index contributed by atoms with van der Waals surface area (Å²) in [7, 11) is 0. The van der Waals surface area contributed by atoms with Crippen molar-refractivity contribution < 1.29 is 29.2 Å². The molecule has 0 fully saturated rings. The van der Waals surface area contributed by atoms with E-state index in [1.165, 1.54) is 92.0 Å². The average molecular weight is 587 g/mol. The summed E-state index contributed by atoms with van der Waals surface area (Å²) in [6, 6.07) is 13.8. The molecular formula is C28H22N6O9. The fraction of sp³-hybridized carbons (Fsp3) is 0.0357. The quantitative estimate of drug-likeness (QED) is 0.156. The van der Waals surface area contributed by atoms with E-state index >= 15 is 0 Å². The highest BCUT2D eigenvalue weighted by Gasteiger charge is 2.18. The first kappa shape index (κ1) is 31.0. The highest BCUT2D eigenvalue weighted by Crippen LogP contribution is 2.21. The lowest BCUT2D eigenvalue weighted by molar-refractivity contribution is -0.419. The van der Waals surface area contributed by atoms with Crippen LogP contribution in [0.3, 0.4) is 0 Å². The molecule has 15 nitrogen and oxygen atoms in total. The highest BCUT2D eigenvalue weighted by molar-refractivity contribution is 6.11. The fourth-order valence-electron chi connectivity index (χ4n) is 3.50. The maximum atomic E-state index is 13.1. The van der Waals surface area contributed by atoms with Crippen molar-refractivity contribution in [2.75, 3.05) is 10.6 Å². The molecule has 0 aromatic heterocycles. The van der Waals surface area contributed by atoms with Crippen molar-refractivity contribution in [2.45, 2.75) is 6.92 Å². The topological polar surface area (TPSA) is 217 Å². The Bertz CT molecular complexity index is 1620. The molecule has 0 atom stereocenters. The van der Waals surface area contributed by atoms with Gasteiger partial charge in [0, 0.05) is 64.6 Å². The van der Waals surface area contributed by atoms with Gasteiger partial charge in [-0.1, -0.05) is 18.2 Å². The number of non-ortho nitro benzene ring substituents is 2. The zero-order chi connectivity index (χ0) is 31.5. The summed E-state index contributed by atoms with van der Waals surface area (Å²) in [5.41, 5.74) is -0.996. The van der Waals surface area contributed by atoms with E-state index in [0.29, 0.717) is 0 Å². The van der Waals surface area contributed by atoms with Gasteiger partial charge in [0.05, 0.1) is 14.8 Å². The van der Waals surface area contributed by atoms with Gasteiger partial charge >= 0.3 is 0 Å². The van der Waals surface area contributed by atoms with E-state index in [0.717, 1.165) is 12.1 Å². The van der Waals surface area contributed by atoms with Crippen molar-refractivity contribution in [3.63, 3.8) is 0 Å². The zero-order valence-electron chi connectivity index (χ0n) is 22.3. The zero-order valence-corrected chi connectivity index (χ0v) is 22.3. The Morgan fingerprint density at radius 1 is 0.674 bits per heavy atom. The first-order chi connectivity index (χ1) is 20.5. The Labute approximate surface area is 242 Å². The minimum Gasteiger partial charge on any atom is -0.329 e. The van der Waals surface area contributed by atoms with Crippen molar-refractivity contribution >= 4 is 40.5 Å². The van der Waals surface area contributed by atoms with Crippen LogP contribution in [-0.2, 0) is 0 Å². The Hall–Kier alpha value is -6.51. The lowest BCUT2D eigenvalue weighted by atomic mass is 10.0. The maximum absolute atomic E-state index is 13.1. The molecule has 3 N–H and O–H groups in total. The number of rotatable bonds is 11. The third kappa shape index (κ3) is 8.74. The molecule has 0 aliphatic carbocycles. The molecule has 0 aliphatic rings. The van der Waals surface area contributed by atoms with Crippen LogP contribution in [0.2, 0.25) is 0 Å². The number of carbonyl (C=O) groups excluding carboxylic acids is 3. The standard InChI is InChI=1S/C28H22N6O9/c1-2-23(32(38)39)9-3-4-12-29-26(35)18-13-19(27(36)30-21-7-5-10-24(16-21)33(40)41)15-20(14-18)28(37)31-22-8-6-11-25(17-22)34(42)43/h2-17H,1H3,(H,29,35)(H,30,36)(H,31,37)/b9-3-,12-4+,23-2+. The summed E-state index contributed by atoms with van der Waals surface area (Å²) >= 11 is 0. The Kier molecular flexibility index (Phi) is 10.3. The molecule has 0 saturated carbocycles. The number of nitrogens with zero attached hydrogens (tertiary/aromatic N) is 3. The number of nitro groups is 3. The van der Waals surface area contributed by atoms with E-state index in [-0.39, 0.29) is 45.1 Å². The SMILES string of the molecule is C\C=C(/C=C\C=C\NC(=O)c1cc(C(=O)Nc2cccc([N+](=O)[O-])c2)cc(C(=O)Nc2cccc([N+](=O)[O-])c2)c1)[N+](=O)[O-]. The number of hydrogen-bond donors (Lipinski definition) is 3. The van der Waals surface area contributed by atoms with Crippen LogP contribution in [-0.4, -0.2) is 32.5 Å². The molecule has 0 aliphatic heterocycles. The molecule has 218 valence electrons. The van der Waals surface area contributed by atoms with Gasteiger partial charge in [-0.3, -0.25) is 44.7 Å². The monoisotopic (exact) mass is 586 g/mol. The summed E-state index contributed by atoms with van der Waals surface area (Å²) < 4.78 is 0. The molecular weight excluding hydrogens is 564 g/mol. The minimum atomic E-state index is -0.795. The van der Waals surface area contributed by atoms with E-state index in [2.05, 4.69) is 16.0 Å². The summed E-state index contributed by atoms with van der Waals surface area (Å²) in [5.74, 6) is -2.34. The normalized spacial score (nSPS) is 11.2. The van der Waals surface area contributed by atoms with E-state index in [1.807, 2.05) is 0 Å². The van der Waals surface area contributed by atoms with Gasteiger partial charge in [0.1, 0.15) is 0 Å². The molecule has 43 heavy (non-hydrogen) atoms. The minimum absolute atomic E-state index is 0.0848. The van der Waals surface area contributed by atoms with Crippen LogP contribution in [0.25, 0.3) is 0 Å². The third-order valence-corrected chi connectivity index (χ3v) is 5.54. The van der Waals surface area contributed by atoms with Crippen molar-refractivity contribution in [2.24, 2.45) is 0 Å². The molecule has 15 heteroatoms. The van der Waals surface area contributed by atoms with Crippen LogP contribution < -0.4 is 16.0 Å². The van der Waals surface area contributed by atoms with Gasteiger partial charge in [0.25, 0.3) is 34.8 Å². The molecule has 3 aromatic carbocycles. The summed E-state index contributed by atoms with van der Waals surface area (Å²) in [5, 5.41) is 40.4. The smallest absolute Gasteiger partial charge is 0.271 e. The molecule has 0 radical (unpaired) electrons.